The lowest BCUT2D eigenvalue weighted by Crippen LogP contribution is -2.62. The predicted molar refractivity (Wildman–Crippen MR) is 407 cm³/mol. The number of Topliss-reactive ketones (excluding diaryl/α,β-unsaturated/α-hetero) is 1. The zero-order chi connectivity index (χ0) is 85.7. The van der Waals surface area contributed by atoms with Gasteiger partial charge >= 0.3 is 0 Å². The van der Waals surface area contributed by atoms with Crippen molar-refractivity contribution in [2.75, 3.05) is 53.2 Å². The third kappa shape index (κ3) is 23.3. The summed E-state index contributed by atoms with van der Waals surface area (Å²) in [5.41, 5.74) is 6.30. The number of guanidine groups is 2. The molecule has 4 aliphatic rings. The number of hydrogen-bond donors (Lipinski definition) is 24. The molecule has 117 heavy (non-hydrogen) atoms. The van der Waals surface area contributed by atoms with Crippen LogP contribution in [-0.4, -0.2) is 270 Å². The van der Waals surface area contributed by atoms with Crippen molar-refractivity contribution >= 4 is 88.3 Å². The van der Waals surface area contributed by atoms with Crippen molar-refractivity contribution in [2.24, 2.45) is 11.5 Å². The largest absolute Gasteiger partial charge is 0.508 e. The van der Waals surface area contributed by atoms with Crippen LogP contribution in [0.1, 0.15) is 131 Å². The van der Waals surface area contributed by atoms with E-state index >= 15 is 0 Å². The second-order valence-corrected chi connectivity index (χ2v) is 28.3. The lowest BCUT2D eigenvalue weighted by molar-refractivity contribution is -0.249. The second-order valence-electron chi connectivity index (χ2n) is 28.3. The Morgan fingerprint density at radius 2 is 1.06 bits per heavy atom. The molecule has 4 aromatic carbocycles. The Bertz CT molecular complexity index is 4420. The molecule has 0 spiro atoms. The summed E-state index contributed by atoms with van der Waals surface area (Å²) in [5, 5.41) is 149. The molecule has 0 radical (unpaired) electrons. The first-order chi connectivity index (χ1) is 55.6. The molecule has 41 nitrogen and oxygen atoms in total. The molecule has 4 aromatic rings. The van der Waals surface area contributed by atoms with Crippen LogP contribution in [-0.2, 0) is 81.5 Å². The summed E-state index contributed by atoms with van der Waals surface area (Å²) in [7, 11) is 1.23. The van der Waals surface area contributed by atoms with E-state index in [9.17, 15) is 113 Å². The lowest BCUT2D eigenvalue weighted by Gasteiger charge is -2.43. The quantitative estimate of drug-likeness (QED) is 0.00570. The average Bonchev–Trinajstić information content (AvgIpc) is 0.974. The maximum atomic E-state index is 14.8. The summed E-state index contributed by atoms with van der Waals surface area (Å²) in [6.07, 6.45) is -6.23. The zero-order valence-electron chi connectivity index (χ0n) is 63.7. The van der Waals surface area contributed by atoms with Crippen LogP contribution in [0, 0.1) is 10.8 Å². The van der Waals surface area contributed by atoms with Crippen molar-refractivity contribution in [2.45, 2.75) is 169 Å². The van der Waals surface area contributed by atoms with E-state index < -0.39 is 248 Å². The Morgan fingerprint density at radius 1 is 0.590 bits per heavy atom. The number of nitrogens with two attached hydrogens (primary N) is 2. The van der Waals surface area contributed by atoms with Crippen molar-refractivity contribution in [1.82, 2.24) is 58.1 Å². The minimum absolute atomic E-state index is 0.0301. The van der Waals surface area contributed by atoms with Gasteiger partial charge in [-0.15, -0.1) is 0 Å². The predicted octanol–water partition coefficient (Wildman–Crippen LogP) is -5.56. The molecule has 13 atom stereocenters. The number of carbonyl (C=O) groups is 13. The number of unbranched alkanes of at least 4 members (excludes halogenated alkanes) is 2. The van der Waals surface area contributed by atoms with E-state index in [1.165, 1.54) is 80.8 Å². The Kier molecular flexibility index (Phi) is 31.9. The maximum Gasteiger partial charge on any atom is 0.253 e. The molecule has 41 heteroatoms. The third-order valence-corrected chi connectivity index (χ3v) is 20.0. The Balaban J connectivity index is 0.973. The van der Waals surface area contributed by atoms with Crippen LogP contribution in [0.4, 0.5) is 0 Å². The van der Waals surface area contributed by atoms with Crippen LogP contribution < -0.4 is 69.4 Å². The highest BCUT2D eigenvalue weighted by molar-refractivity contribution is 6.31. The number of phenolic OH excluding ortho intramolecular Hbond substituents is 4. The number of benzene rings is 4. The van der Waals surface area contributed by atoms with E-state index in [1.54, 1.807) is 0 Å². The summed E-state index contributed by atoms with van der Waals surface area (Å²) < 4.78 is 17.7. The molecule has 2 heterocycles. The monoisotopic (exact) mass is 1640 g/mol. The van der Waals surface area contributed by atoms with Gasteiger partial charge in [0.15, 0.2) is 29.8 Å². The number of phenols is 4. The molecular weight excluding hydrogens is 1540 g/mol. The van der Waals surface area contributed by atoms with E-state index in [-0.39, 0.29) is 109 Å². The van der Waals surface area contributed by atoms with Crippen molar-refractivity contribution in [3.8, 4) is 28.7 Å². The molecule has 7 unspecified atom stereocenters. The molecule has 0 aromatic heterocycles. The highest BCUT2D eigenvalue weighted by Crippen LogP contribution is 2.53. The summed E-state index contributed by atoms with van der Waals surface area (Å²) in [5.74, 6) is -15.9. The third-order valence-electron chi connectivity index (χ3n) is 20.0. The SMILES string of the molecule is COc1cccc2c1C(=O)c1c(O)c3c(c(O)c1C2=O)C[C@](O)(C(=O)CO)C[C@H]3O[C@@H]1C[C@@H](NC(=O)C(CCCNC(=N)N)NC(=O)C(CO)NC(=O)C(Cc2ccc(O)cc2)NC(=O)C(Cc2ccc(O)cc2)NC(=O)C(CO)NC(=O)C(CO)NC(=O)C(CCCNC(=N)N)NC(=O)CCCCCN2C(=O)C=CC2=O)[C@@H](O)[C@@H](C)O1. The standard InChI is InChI=1S/C76H97N15O26/c1-36-62(102)45(29-57(116-36)117-52-31-76(114,53(98)35-95)30-42-59(52)66(106)61-60(64(42)104)63(103)41-9-6-12-51(115-2)58(41)65(61)105)85-68(108)44(11-8-25-82-75(79)80)84-71(111)48(32-92)89-70(110)47(28-38-16-20-40(97)21-17-38)86-69(109)46(27-37-14-18-39(96)19-15-37)87-72(112)49(33-93)90-73(113)50(34-94)88-67(107)43(10-7-24-81-74(77)78)83-54(99)13-4-3-5-26-91-55(100)22-23-56(91)101/h6,9,12,14-23,36,43-50,52,57,62,92-97,102,104,106,114H,3-5,7-8,10-11,13,24-35H2,1-2H3,(H,83,99)(H,84,111)(H,85,108)(H,86,109)(H,87,112)(H,88,107)(H,89,110)(H,90,113)(H4,77,78,81)(H4,79,80,82)/t36-,43?,44?,45-,46?,47?,48?,49?,50?,52-,57-,62+,76-/m1/s1. The van der Waals surface area contributed by atoms with Crippen LogP contribution in [0.3, 0.4) is 0 Å². The molecule has 632 valence electrons. The Hall–Kier alpha value is -12.2. The van der Waals surface area contributed by atoms with Gasteiger partial charge in [0.2, 0.25) is 53.0 Å². The summed E-state index contributed by atoms with van der Waals surface area (Å²) in [6.45, 7) is -3.25. The number of aliphatic hydroxyl groups excluding tert-OH is 5. The van der Waals surface area contributed by atoms with E-state index in [4.69, 9.17) is 36.5 Å². The van der Waals surface area contributed by atoms with Gasteiger partial charge in [-0.25, -0.2) is 0 Å². The molecule has 26 N–H and O–H groups in total. The first-order valence-corrected chi connectivity index (χ1v) is 37.4. The van der Waals surface area contributed by atoms with Gasteiger partial charge in [0, 0.05) is 87.0 Å². The fourth-order valence-corrected chi connectivity index (χ4v) is 13.8. The first-order valence-electron chi connectivity index (χ1n) is 37.4. The molecule has 2 aliphatic heterocycles. The molecule has 0 bridgehead atoms. The van der Waals surface area contributed by atoms with Gasteiger partial charge in [0.25, 0.3) is 11.8 Å². The number of nitrogens with zero attached hydrogens (tertiary/aromatic N) is 1. The Morgan fingerprint density at radius 3 is 1.55 bits per heavy atom. The zero-order valence-corrected chi connectivity index (χ0v) is 63.7. The minimum Gasteiger partial charge on any atom is -0.508 e. The number of fused-ring (bicyclic) bond motifs is 3. The molecule has 8 rings (SSSR count). The van der Waals surface area contributed by atoms with Crippen molar-refractivity contribution < 1.29 is 128 Å². The Labute approximate surface area is 668 Å². The number of ketones is 3. The molecule has 10 amide bonds. The fourth-order valence-electron chi connectivity index (χ4n) is 13.8. The van der Waals surface area contributed by atoms with Gasteiger partial charge in [0.1, 0.15) is 89.4 Å². The fraction of sp³-hybridized carbons (Fsp3) is 0.461. The van der Waals surface area contributed by atoms with Gasteiger partial charge in [-0.05, 0) is 86.9 Å². The van der Waals surface area contributed by atoms with Crippen LogP contribution >= 0.6 is 0 Å². The minimum atomic E-state index is -2.56. The van der Waals surface area contributed by atoms with E-state index in [2.05, 4.69) is 53.2 Å². The molecule has 2 aliphatic carbocycles. The number of hydrogen-bond acceptors (Lipinski definition) is 28. The highest BCUT2D eigenvalue weighted by Gasteiger charge is 2.51. The lowest BCUT2D eigenvalue weighted by atomic mass is 9.72. The summed E-state index contributed by atoms with van der Waals surface area (Å²) in [6, 6.07) is 0.739. The molecule has 0 saturated carbocycles. The van der Waals surface area contributed by atoms with Gasteiger partial charge in [-0.2, -0.15) is 0 Å². The van der Waals surface area contributed by atoms with Crippen LogP contribution in [0.5, 0.6) is 28.7 Å². The van der Waals surface area contributed by atoms with Crippen LogP contribution in [0.25, 0.3) is 0 Å². The second kappa shape index (κ2) is 41.4. The van der Waals surface area contributed by atoms with Crippen molar-refractivity contribution in [3.05, 3.63) is 123 Å². The number of methoxy groups -OCH3 is 1. The molecular formula is C76H97N15O26. The number of amides is 10. The topological polar surface area (TPSA) is 675 Å². The molecule has 1 fully saturated rings. The normalized spacial score (nSPS) is 19.7. The number of aromatic hydroxyl groups is 4. The number of imide groups is 1. The summed E-state index contributed by atoms with van der Waals surface area (Å²) in [4.78, 5) is 180. The maximum absolute atomic E-state index is 14.8. The number of ether oxygens (including phenoxy) is 3. The van der Waals surface area contributed by atoms with Gasteiger partial charge < -0.3 is 130 Å². The van der Waals surface area contributed by atoms with Crippen molar-refractivity contribution in [3.63, 3.8) is 0 Å². The van der Waals surface area contributed by atoms with Crippen LogP contribution in [0.2, 0.25) is 0 Å². The number of rotatable bonds is 41. The number of aliphatic hydroxyl groups is 6. The van der Waals surface area contributed by atoms with E-state index in [0.29, 0.717) is 12.8 Å². The van der Waals surface area contributed by atoms with Gasteiger partial charge in [-0.3, -0.25) is 78.0 Å². The summed E-state index contributed by atoms with van der Waals surface area (Å²) >= 11 is 0. The van der Waals surface area contributed by atoms with Gasteiger partial charge in [0.05, 0.1) is 61.9 Å². The van der Waals surface area contributed by atoms with Crippen molar-refractivity contribution in [1.29, 1.82) is 10.8 Å². The van der Waals surface area contributed by atoms with E-state index in [0.717, 1.165) is 17.1 Å². The first kappa shape index (κ1) is 90.3. The smallest absolute Gasteiger partial charge is 0.253 e. The van der Waals surface area contributed by atoms with E-state index in [1.807, 2.05) is 0 Å². The van der Waals surface area contributed by atoms with Crippen LogP contribution in [0.15, 0.2) is 78.9 Å². The number of nitrogens with one attached hydrogen (secondary N) is 12. The number of carbonyl (C=O) groups excluding carboxylic acids is 13. The highest BCUT2D eigenvalue weighted by atomic mass is 16.7. The average molecular weight is 1640 g/mol. The molecule has 1 saturated heterocycles. The van der Waals surface area contributed by atoms with Gasteiger partial charge in [-0.1, -0.05) is 42.8 Å².